The van der Waals surface area contributed by atoms with Crippen LogP contribution in [0.3, 0.4) is 0 Å². The Morgan fingerprint density at radius 3 is 2.55 bits per heavy atom. The number of nitrogens with zero attached hydrogens (tertiary/aromatic N) is 6. The van der Waals surface area contributed by atoms with E-state index < -0.39 is 0 Å². The van der Waals surface area contributed by atoms with E-state index in [9.17, 15) is 4.79 Å². The highest BCUT2D eigenvalue weighted by molar-refractivity contribution is 6.14. The highest BCUT2D eigenvalue weighted by atomic mass is 16.4. The van der Waals surface area contributed by atoms with E-state index in [2.05, 4.69) is 37.0 Å². The highest BCUT2D eigenvalue weighted by Gasteiger charge is 2.28. The Balaban J connectivity index is 1.14. The summed E-state index contributed by atoms with van der Waals surface area (Å²) in [6.07, 6.45) is 12.0. The minimum absolute atomic E-state index is 0.197. The molecule has 0 bridgehead atoms. The number of hydrogen-bond acceptors (Lipinski definition) is 8. The van der Waals surface area contributed by atoms with Gasteiger partial charge in [0.2, 0.25) is 0 Å². The summed E-state index contributed by atoms with van der Waals surface area (Å²) in [6, 6.07) is 9.63. The molecule has 2 aliphatic rings. The Morgan fingerprint density at radius 2 is 1.77 bits per heavy atom. The number of aryl methyl sites for hydroxylation is 2. The molecule has 2 fully saturated rings. The third-order valence-electron chi connectivity index (χ3n) is 7.82. The van der Waals surface area contributed by atoms with Crippen LogP contribution in [0.4, 0.5) is 17.4 Å². The molecule has 1 saturated heterocycles. The Hall–Kier alpha value is -4.38. The van der Waals surface area contributed by atoms with E-state index in [1.807, 2.05) is 44.7 Å². The van der Waals surface area contributed by atoms with Crippen molar-refractivity contribution >= 4 is 45.1 Å². The number of piperidine rings is 1. The molecule has 1 saturated carbocycles. The summed E-state index contributed by atoms with van der Waals surface area (Å²) < 4.78 is 8.87. The predicted octanol–water partition coefficient (Wildman–Crippen LogP) is 4.03. The molecule has 206 valence electrons. The molecular weight excluding hydrogens is 506 g/mol. The fourth-order valence-corrected chi connectivity index (χ4v) is 5.75. The second-order valence-corrected chi connectivity index (χ2v) is 10.9. The van der Waals surface area contributed by atoms with E-state index in [4.69, 9.17) is 9.52 Å². The number of rotatable bonds is 8. The van der Waals surface area contributed by atoms with Crippen molar-refractivity contribution in [2.45, 2.75) is 44.3 Å². The van der Waals surface area contributed by atoms with Gasteiger partial charge >= 0.3 is 0 Å². The van der Waals surface area contributed by atoms with Gasteiger partial charge in [-0.25, -0.2) is 4.98 Å². The summed E-state index contributed by atoms with van der Waals surface area (Å²) in [5, 5.41) is 21.3. The SMILES string of the molecule is Cn1cc2cc(NC(=O)c3ccc(N4CCC(NC5CC5)CC4)c4cn(C)nc34)cc(CNc3ncco3)c2n1. The zero-order valence-electron chi connectivity index (χ0n) is 22.7. The molecule has 1 aliphatic heterocycles. The molecule has 3 aromatic heterocycles. The third-order valence-corrected chi connectivity index (χ3v) is 7.82. The van der Waals surface area contributed by atoms with Crippen molar-refractivity contribution in [3.63, 3.8) is 0 Å². The van der Waals surface area contributed by atoms with Crippen molar-refractivity contribution in [2.75, 3.05) is 28.6 Å². The van der Waals surface area contributed by atoms with E-state index in [1.54, 1.807) is 15.6 Å². The lowest BCUT2D eigenvalue weighted by Crippen LogP contribution is -2.43. The molecule has 0 radical (unpaired) electrons. The lowest BCUT2D eigenvalue weighted by Gasteiger charge is -2.34. The quantitative estimate of drug-likeness (QED) is 0.271. The predicted molar refractivity (Wildman–Crippen MR) is 155 cm³/mol. The molecule has 4 heterocycles. The molecule has 11 nitrogen and oxygen atoms in total. The first-order chi connectivity index (χ1) is 19.5. The smallest absolute Gasteiger partial charge is 0.294 e. The summed E-state index contributed by atoms with van der Waals surface area (Å²) in [4.78, 5) is 20.2. The van der Waals surface area contributed by atoms with Gasteiger partial charge in [0.15, 0.2) is 0 Å². The van der Waals surface area contributed by atoms with Gasteiger partial charge in [0.25, 0.3) is 11.9 Å². The maximum absolute atomic E-state index is 13.6. The van der Waals surface area contributed by atoms with E-state index >= 15 is 0 Å². The zero-order valence-corrected chi connectivity index (χ0v) is 22.7. The fraction of sp³-hybridized carbons (Fsp3) is 0.379. The largest absolute Gasteiger partial charge is 0.432 e. The van der Waals surface area contributed by atoms with Gasteiger partial charge in [-0.1, -0.05) is 0 Å². The minimum atomic E-state index is -0.197. The number of carbonyl (C=O) groups is 1. The Labute approximate surface area is 231 Å². The number of nitrogens with one attached hydrogen (secondary N) is 3. The van der Waals surface area contributed by atoms with Crippen LogP contribution in [0.2, 0.25) is 0 Å². The lowest BCUT2D eigenvalue weighted by molar-refractivity contribution is 0.102. The van der Waals surface area contributed by atoms with Crippen molar-refractivity contribution < 1.29 is 9.21 Å². The van der Waals surface area contributed by atoms with Gasteiger partial charge in [-0.2, -0.15) is 10.2 Å². The topological polar surface area (TPSA) is 118 Å². The molecule has 11 heteroatoms. The van der Waals surface area contributed by atoms with Crippen LogP contribution >= 0.6 is 0 Å². The first-order valence-electron chi connectivity index (χ1n) is 13.9. The maximum atomic E-state index is 13.6. The standard InChI is InChI=1S/C29H33N9O2/c1-36-16-19-14-22(13-18(26(19)34-36)15-31-29-30-9-12-40-29)33-28(39)23-5-6-25(24-17-37(2)35-27(23)24)38-10-7-21(8-11-38)32-20-3-4-20/h5-6,9,12-14,16-17,20-21,32H,3-4,7-8,10-11,15H2,1-2H3,(H,30,31)(H,33,39). The van der Waals surface area contributed by atoms with E-state index in [0.29, 0.717) is 35.4 Å². The molecule has 0 unspecified atom stereocenters. The third kappa shape index (κ3) is 4.88. The van der Waals surface area contributed by atoms with Gasteiger partial charge in [0.05, 0.1) is 17.3 Å². The molecule has 2 aromatic carbocycles. The van der Waals surface area contributed by atoms with Crippen LogP contribution in [0.15, 0.2) is 53.5 Å². The van der Waals surface area contributed by atoms with Crippen molar-refractivity contribution in [3.8, 4) is 0 Å². The summed E-state index contributed by atoms with van der Waals surface area (Å²) in [6.45, 7) is 2.44. The van der Waals surface area contributed by atoms with Crippen molar-refractivity contribution in [1.29, 1.82) is 0 Å². The molecule has 1 aliphatic carbocycles. The second kappa shape index (κ2) is 9.98. The summed E-state index contributed by atoms with van der Waals surface area (Å²) in [5.74, 6) is -0.197. The zero-order chi connectivity index (χ0) is 27.2. The molecule has 40 heavy (non-hydrogen) atoms. The maximum Gasteiger partial charge on any atom is 0.294 e. The Bertz CT molecular complexity index is 1670. The molecule has 0 spiro atoms. The van der Waals surface area contributed by atoms with E-state index in [1.165, 1.54) is 19.1 Å². The van der Waals surface area contributed by atoms with Crippen LogP contribution < -0.4 is 20.9 Å². The average Bonchev–Trinajstić information content (AvgIpc) is 3.28. The molecule has 1 amide bonds. The number of hydrogen-bond donors (Lipinski definition) is 3. The summed E-state index contributed by atoms with van der Waals surface area (Å²) in [7, 11) is 3.79. The van der Waals surface area contributed by atoms with Crippen LogP contribution in [0.1, 0.15) is 41.6 Å². The summed E-state index contributed by atoms with van der Waals surface area (Å²) >= 11 is 0. The number of benzene rings is 2. The first kappa shape index (κ1) is 24.6. The average molecular weight is 540 g/mol. The first-order valence-corrected chi connectivity index (χ1v) is 13.9. The van der Waals surface area contributed by atoms with Crippen LogP contribution in [0, 0.1) is 0 Å². The summed E-state index contributed by atoms with van der Waals surface area (Å²) in [5.41, 5.74) is 4.87. The number of aromatic nitrogens is 5. The van der Waals surface area contributed by atoms with Crippen molar-refractivity contribution in [3.05, 3.63) is 60.2 Å². The Kier molecular flexibility index (Phi) is 6.15. The van der Waals surface area contributed by atoms with Gasteiger partial charge in [-0.05, 0) is 49.9 Å². The van der Waals surface area contributed by atoms with Crippen LogP contribution in [-0.2, 0) is 20.6 Å². The molecule has 7 rings (SSSR count). The van der Waals surface area contributed by atoms with Gasteiger partial charge in [-0.3, -0.25) is 14.2 Å². The van der Waals surface area contributed by atoms with Gasteiger partial charge in [-0.15, -0.1) is 0 Å². The molecule has 0 atom stereocenters. The minimum Gasteiger partial charge on any atom is -0.432 e. The number of oxazole rings is 1. The van der Waals surface area contributed by atoms with Crippen LogP contribution in [0.25, 0.3) is 21.8 Å². The van der Waals surface area contributed by atoms with Crippen LogP contribution in [-0.4, -0.2) is 55.6 Å². The fourth-order valence-electron chi connectivity index (χ4n) is 5.75. The molecular formula is C29H33N9O2. The number of amides is 1. The van der Waals surface area contributed by atoms with Gasteiger partial charge < -0.3 is 25.3 Å². The number of carbonyl (C=O) groups excluding carboxylic acids is 1. The Morgan fingerprint density at radius 1 is 1.00 bits per heavy atom. The highest BCUT2D eigenvalue weighted by Crippen LogP contribution is 2.32. The normalized spacial score (nSPS) is 16.2. The number of anilines is 3. The molecule has 3 N–H and O–H groups in total. The van der Waals surface area contributed by atoms with E-state index in [-0.39, 0.29) is 5.91 Å². The lowest BCUT2D eigenvalue weighted by atomic mass is 10.0. The van der Waals surface area contributed by atoms with Crippen molar-refractivity contribution in [1.82, 2.24) is 29.9 Å². The second-order valence-electron chi connectivity index (χ2n) is 10.9. The molecule has 5 aromatic rings. The van der Waals surface area contributed by atoms with Gasteiger partial charge in [0, 0.05) is 85.9 Å². The van der Waals surface area contributed by atoms with Crippen LogP contribution in [0.5, 0.6) is 0 Å². The van der Waals surface area contributed by atoms with Crippen molar-refractivity contribution in [2.24, 2.45) is 14.1 Å². The number of fused-ring (bicyclic) bond motifs is 2. The monoisotopic (exact) mass is 539 g/mol. The van der Waals surface area contributed by atoms with E-state index in [0.717, 1.165) is 59.5 Å². The van der Waals surface area contributed by atoms with Gasteiger partial charge in [0.1, 0.15) is 11.8 Å².